The lowest BCUT2D eigenvalue weighted by atomic mass is 9.99. The first kappa shape index (κ1) is 29.1. The van der Waals surface area contributed by atoms with E-state index in [0.717, 1.165) is 6.07 Å². The summed E-state index contributed by atoms with van der Waals surface area (Å²) < 4.78 is 48.6. The third-order valence-corrected chi connectivity index (χ3v) is 8.33. The van der Waals surface area contributed by atoms with Gasteiger partial charge in [0.1, 0.15) is 5.75 Å². The van der Waals surface area contributed by atoms with E-state index < -0.39 is 23.1 Å². The van der Waals surface area contributed by atoms with Crippen molar-refractivity contribution in [3.05, 3.63) is 90.7 Å². The molecule has 0 saturated carbocycles. The van der Waals surface area contributed by atoms with E-state index in [1.54, 1.807) is 45.2 Å². The fourth-order valence-corrected chi connectivity index (χ4v) is 6.15. The van der Waals surface area contributed by atoms with Crippen LogP contribution in [-0.2, 0) is 19.6 Å². The molecule has 0 aliphatic rings. The molecule has 0 unspecified atom stereocenters. The number of hydrogen-bond donors (Lipinski definition) is 1. The quantitative estimate of drug-likeness (QED) is 0.216. The van der Waals surface area contributed by atoms with Crippen molar-refractivity contribution in [3.63, 3.8) is 0 Å². The first-order chi connectivity index (χ1) is 19.8. The minimum absolute atomic E-state index is 0.0160. The average molecular weight is 612 g/mol. The molecule has 1 N–H and O–H groups in total. The van der Waals surface area contributed by atoms with E-state index in [1.165, 1.54) is 21.3 Å². The van der Waals surface area contributed by atoms with Crippen LogP contribution in [0.3, 0.4) is 0 Å². The maximum absolute atomic E-state index is 13.5. The SMILES string of the molecule is Cc1cc(-c2cc(Cl)ccc2OCCc2c(C)n(C)c3cc(C(F)(F)F)cc(C#N)c3c2=O)c2scc(C(=O)O)c2n1. The van der Waals surface area contributed by atoms with Crippen LogP contribution in [0, 0.1) is 25.2 Å². The van der Waals surface area contributed by atoms with E-state index in [0.29, 0.717) is 55.1 Å². The fourth-order valence-electron chi connectivity index (χ4n) is 4.96. The second kappa shape index (κ2) is 10.8. The molecule has 5 aromatic rings. The Balaban J connectivity index is 1.54. The van der Waals surface area contributed by atoms with Crippen molar-refractivity contribution >= 4 is 50.0 Å². The Labute approximate surface area is 246 Å². The third kappa shape index (κ3) is 5.08. The van der Waals surface area contributed by atoms with E-state index in [9.17, 15) is 33.1 Å². The highest BCUT2D eigenvalue weighted by atomic mass is 35.5. The number of nitriles is 1. The van der Waals surface area contributed by atoms with Crippen molar-refractivity contribution in [2.45, 2.75) is 26.4 Å². The van der Waals surface area contributed by atoms with Crippen LogP contribution in [0.1, 0.15) is 38.4 Å². The van der Waals surface area contributed by atoms with Gasteiger partial charge in [-0.15, -0.1) is 11.3 Å². The molecule has 7 nitrogen and oxygen atoms in total. The van der Waals surface area contributed by atoms with Gasteiger partial charge in [0.2, 0.25) is 0 Å². The van der Waals surface area contributed by atoms with E-state index in [4.69, 9.17) is 16.3 Å². The molecule has 42 heavy (non-hydrogen) atoms. The molecular weight excluding hydrogens is 591 g/mol. The zero-order valence-electron chi connectivity index (χ0n) is 22.4. The van der Waals surface area contributed by atoms with Crippen molar-refractivity contribution < 1.29 is 27.8 Å². The summed E-state index contributed by atoms with van der Waals surface area (Å²) in [6, 6.07) is 10.1. The Bertz CT molecular complexity index is 2030. The smallest absolute Gasteiger partial charge is 0.416 e. The number of pyridine rings is 2. The lowest BCUT2D eigenvalue weighted by molar-refractivity contribution is -0.137. The number of rotatable bonds is 6. The van der Waals surface area contributed by atoms with Crippen LogP contribution in [0.25, 0.3) is 32.2 Å². The second-order valence-corrected chi connectivity index (χ2v) is 11.0. The molecule has 0 bridgehead atoms. The van der Waals surface area contributed by atoms with E-state index >= 15 is 0 Å². The topological polar surface area (TPSA) is 105 Å². The monoisotopic (exact) mass is 611 g/mol. The van der Waals surface area contributed by atoms with Gasteiger partial charge in [0.15, 0.2) is 5.43 Å². The minimum Gasteiger partial charge on any atom is -0.493 e. The van der Waals surface area contributed by atoms with Gasteiger partial charge in [-0.2, -0.15) is 18.4 Å². The van der Waals surface area contributed by atoms with Gasteiger partial charge in [-0.25, -0.2) is 4.79 Å². The number of aromatic nitrogens is 2. The summed E-state index contributed by atoms with van der Waals surface area (Å²) in [6.07, 6.45) is -4.57. The predicted octanol–water partition coefficient (Wildman–Crippen LogP) is 7.30. The molecule has 0 atom stereocenters. The normalized spacial score (nSPS) is 11.7. The number of carboxylic acid groups (broad SMARTS) is 1. The highest BCUT2D eigenvalue weighted by Gasteiger charge is 2.32. The maximum Gasteiger partial charge on any atom is 0.416 e. The summed E-state index contributed by atoms with van der Waals surface area (Å²) in [7, 11) is 1.55. The zero-order chi connectivity index (χ0) is 30.5. The Morgan fingerprint density at radius 2 is 1.93 bits per heavy atom. The van der Waals surface area contributed by atoms with Gasteiger partial charge in [0.25, 0.3) is 0 Å². The summed E-state index contributed by atoms with van der Waals surface area (Å²) in [6.45, 7) is 3.41. The van der Waals surface area contributed by atoms with Gasteiger partial charge in [0, 0.05) is 51.9 Å². The van der Waals surface area contributed by atoms with Crippen molar-refractivity contribution in [3.8, 4) is 22.9 Å². The Morgan fingerprint density at radius 3 is 2.60 bits per heavy atom. The first-order valence-corrected chi connectivity index (χ1v) is 13.8. The summed E-state index contributed by atoms with van der Waals surface area (Å²) in [5.74, 6) is -0.659. The molecule has 214 valence electrons. The number of thiophene rings is 1. The number of hydrogen-bond acceptors (Lipinski definition) is 6. The lowest BCUT2D eigenvalue weighted by Gasteiger charge is -2.18. The first-order valence-electron chi connectivity index (χ1n) is 12.5. The van der Waals surface area contributed by atoms with E-state index in [2.05, 4.69) is 4.98 Å². The zero-order valence-corrected chi connectivity index (χ0v) is 24.0. The third-order valence-electron chi connectivity index (χ3n) is 7.09. The highest BCUT2D eigenvalue weighted by Crippen LogP contribution is 2.40. The summed E-state index contributed by atoms with van der Waals surface area (Å²) in [4.78, 5) is 29.6. The van der Waals surface area contributed by atoms with Crippen LogP contribution >= 0.6 is 22.9 Å². The van der Waals surface area contributed by atoms with Crippen LogP contribution < -0.4 is 10.2 Å². The highest BCUT2D eigenvalue weighted by molar-refractivity contribution is 7.18. The number of aromatic carboxylic acids is 1. The molecule has 0 fully saturated rings. The molecular formula is C30H21ClF3N3O4S. The van der Waals surface area contributed by atoms with Crippen LogP contribution in [0.5, 0.6) is 5.75 Å². The molecule has 5 rings (SSSR count). The molecule has 0 amide bonds. The Morgan fingerprint density at radius 1 is 1.19 bits per heavy atom. The molecule has 0 aliphatic carbocycles. The van der Waals surface area contributed by atoms with Gasteiger partial charge in [-0.1, -0.05) is 11.6 Å². The number of benzene rings is 2. The predicted molar refractivity (Wildman–Crippen MR) is 155 cm³/mol. The van der Waals surface area contributed by atoms with Gasteiger partial charge < -0.3 is 14.4 Å². The number of alkyl halides is 3. The molecule has 2 aromatic carbocycles. The average Bonchev–Trinajstić information content (AvgIpc) is 3.36. The number of carboxylic acids is 1. The summed E-state index contributed by atoms with van der Waals surface area (Å²) >= 11 is 7.56. The second-order valence-electron chi connectivity index (χ2n) is 9.66. The largest absolute Gasteiger partial charge is 0.493 e. The molecule has 0 spiro atoms. The standard InChI is InChI=1S/C30H21ClF3N3O4S/c1-14-8-21(28-26(36-14)22(13-42-28)29(39)40)20-11-18(31)4-5-24(20)41-7-6-19-15(2)37(3)23-10-17(30(32,33)34)9-16(12-35)25(23)27(19)38/h4-5,8-11,13H,6-7H2,1-3H3,(H,39,40). The number of nitrogens with zero attached hydrogens (tertiary/aromatic N) is 3. The lowest BCUT2D eigenvalue weighted by Crippen LogP contribution is -2.21. The van der Waals surface area contributed by atoms with Crippen LogP contribution in [0.4, 0.5) is 13.2 Å². The van der Waals surface area contributed by atoms with Crippen molar-refractivity contribution in [2.24, 2.45) is 7.05 Å². The van der Waals surface area contributed by atoms with Crippen molar-refractivity contribution in [2.75, 3.05) is 6.61 Å². The Kier molecular flexibility index (Phi) is 7.47. The van der Waals surface area contributed by atoms with Crippen LogP contribution in [-0.4, -0.2) is 27.2 Å². The maximum atomic E-state index is 13.5. The number of ether oxygens (including phenoxy) is 1. The van der Waals surface area contributed by atoms with Gasteiger partial charge in [-0.05, 0) is 50.2 Å². The van der Waals surface area contributed by atoms with Crippen LogP contribution in [0.2, 0.25) is 5.02 Å². The molecule has 0 radical (unpaired) electrons. The van der Waals surface area contributed by atoms with E-state index in [-0.39, 0.29) is 35.1 Å². The van der Waals surface area contributed by atoms with Gasteiger partial charge in [-0.3, -0.25) is 9.78 Å². The molecule has 0 aliphatic heterocycles. The number of aryl methyl sites for hydroxylation is 2. The molecule has 0 saturated heterocycles. The Hall–Kier alpha value is -4.40. The summed E-state index contributed by atoms with van der Waals surface area (Å²) in [5, 5.41) is 21.0. The molecule has 3 aromatic heterocycles. The molecule has 12 heteroatoms. The molecule has 3 heterocycles. The van der Waals surface area contributed by atoms with Gasteiger partial charge >= 0.3 is 12.1 Å². The number of halogens is 4. The van der Waals surface area contributed by atoms with Crippen molar-refractivity contribution in [1.29, 1.82) is 5.26 Å². The van der Waals surface area contributed by atoms with Crippen LogP contribution in [0.15, 0.2) is 46.6 Å². The minimum atomic E-state index is -4.68. The number of carbonyl (C=O) groups is 1. The van der Waals surface area contributed by atoms with E-state index in [1.807, 2.05) is 6.07 Å². The number of fused-ring (bicyclic) bond motifs is 2. The fraction of sp³-hybridized carbons (Fsp3) is 0.200. The van der Waals surface area contributed by atoms with Crippen molar-refractivity contribution in [1.82, 2.24) is 9.55 Å². The summed E-state index contributed by atoms with van der Waals surface area (Å²) in [5.41, 5.74) is 1.21. The van der Waals surface area contributed by atoms with Gasteiger partial charge in [0.05, 0.1) is 50.5 Å².